The van der Waals surface area contributed by atoms with E-state index in [9.17, 15) is 9.59 Å². The number of nitrogens with one attached hydrogen (secondary N) is 1. The van der Waals surface area contributed by atoms with Crippen LogP contribution < -0.4 is 11.1 Å². The number of aliphatic carboxylic acids is 1. The van der Waals surface area contributed by atoms with Crippen LogP contribution in [-0.4, -0.2) is 28.5 Å². The molecule has 90 valence electrons. The minimum absolute atomic E-state index is 0.341. The fourth-order valence-corrected chi connectivity index (χ4v) is 1.45. The van der Waals surface area contributed by atoms with E-state index in [1.807, 2.05) is 0 Å². The number of hydrogen-bond acceptors (Lipinski definition) is 3. The van der Waals surface area contributed by atoms with Gasteiger partial charge in [-0.1, -0.05) is 24.4 Å². The second-order valence-electron chi connectivity index (χ2n) is 3.42. The summed E-state index contributed by atoms with van der Waals surface area (Å²) in [5.41, 5.74) is 6.61. The van der Waals surface area contributed by atoms with Gasteiger partial charge < -0.3 is 16.2 Å². The molecule has 0 spiro atoms. The Hall–Kier alpha value is -1.95. The maximum atomic E-state index is 11.5. The number of rotatable bonds is 5. The monoisotopic (exact) mass is 252 g/mol. The van der Waals surface area contributed by atoms with E-state index in [0.29, 0.717) is 17.0 Å². The summed E-state index contributed by atoms with van der Waals surface area (Å²) in [5, 5.41) is 10.7. The average molecular weight is 252 g/mol. The van der Waals surface area contributed by atoms with Crippen molar-refractivity contribution in [3.05, 3.63) is 35.4 Å². The molecule has 6 heteroatoms. The Morgan fingerprint density at radius 3 is 2.71 bits per heavy atom. The lowest BCUT2D eigenvalue weighted by molar-refractivity contribution is -0.135. The molecule has 0 aliphatic heterocycles. The van der Waals surface area contributed by atoms with Crippen LogP contribution in [0.25, 0.3) is 0 Å². The summed E-state index contributed by atoms with van der Waals surface area (Å²) < 4.78 is 0. The minimum Gasteiger partial charge on any atom is -0.480 e. The van der Waals surface area contributed by atoms with Crippen molar-refractivity contribution in [3.63, 3.8) is 0 Å². The standard InChI is InChI=1S/C11H12N2O3S/c12-9(17)5-7-2-1-3-8(4-7)11(16)13-6-10(14)15/h1-4H,5-6H2,(H2,12,17)(H,13,16)(H,14,15). The summed E-state index contributed by atoms with van der Waals surface area (Å²) in [6.07, 6.45) is 0.412. The topological polar surface area (TPSA) is 92.4 Å². The molecular formula is C11H12N2O3S. The molecule has 0 aliphatic carbocycles. The molecule has 1 aromatic carbocycles. The number of amides is 1. The van der Waals surface area contributed by atoms with E-state index in [1.54, 1.807) is 24.3 Å². The van der Waals surface area contributed by atoms with Crippen LogP contribution in [0.15, 0.2) is 24.3 Å². The van der Waals surface area contributed by atoms with Gasteiger partial charge in [-0.2, -0.15) is 0 Å². The number of hydrogen-bond donors (Lipinski definition) is 3. The van der Waals surface area contributed by atoms with Crippen LogP contribution >= 0.6 is 12.2 Å². The highest BCUT2D eigenvalue weighted by Crippen LogP contribution is 2.06. The number of benzene rings is 1. The summed E-state index contributed by atoms with van der Waals surface area (Å²) in [4.78, 5) is 22.2. The second-order valence-corrected chi connectivity index (χ2v) is 3.94. The Morgan fingerprint density at radius 1 is 1.41 bits per heavy atom. The number of carboxylic acids is 1. The Kier molecular flexibility index (Phi) is 4.59. The largest absolute Gasteiger partial charge is 0.480 e. The highest BCUT2D eigenvalue weighted by atomic mass is 32.1. The number of carboxylic acid groups (broad SMARTS) is 1. The number of nitrogens with two attached hydrogens (primary N) is 1. The highest BCUT2D eigenvalue weighted by molar-refractivity contribution is 7.80. The smallest absolute Gasteiger partial charge is 0.322 e. The van der Waals surface area contributed by atoms with Crippen LogP contribution in [0.1, 0.15) is 15.9 Å². The summed E-state index contributed by atoms with van der Waals surface area (Å²) in [7, 11) is 0. The molecule has 0 aliphatic rings. The SMILES string of the molecule is NC(=S)Cc1cccc(C(=O)NCC(=O)O)c1. The third kappa shape index (κ3) is 4.60. The molecule has 1 aromatic rings. The molecule has 0 saturated carbocycles. The van der Waals surface area contributed by atoms with Gasteiger partial charge in [-0.3, -0.25) is 9.59 Å². The van der Waals surface area contributed by atoms with E-state index in [1.165, 1.54) is 0 Å². The number of carbonyl (C=O) groups excluding carboxylic acids is 1. The van der Waals surface area contributed by atoms with Crippen molar-refractivity contribution in [1.82, 2.24) is 5.32 Å². The van der Waals surface area contributed by atoms with Gasteiger partial charge in [0.25, 0.3) is 5.91 Å². The van der Waals surface area contributed by atoms with E-state index < -0.39 is 18.4 Å². The Labute approximate surface area is 104 Å². The van der Waals surface area contributed by atoms with Crippen molar-refractivity contribution in [2.24, 2.45) is 5.73 Å². The fourth-order valence-electron chi connectivity index (χ4n) is 1.28. The van der Waals surface area contributed by atoms with Crippen molar-refractivity contribution in [3.8, 4) is 0 Å². The molecule has 0 heterocycles. The van der Waals surface area contributed by atoms with Crippen LogP contribution in [0.3, 0.4) is 0 Å². The van der Waals surface area contributed by atoms with Gasteiger partial charge in [0.15, 0.2) is 0 Å². The van der Waals surface area contributed by atoms with Gasteiger partial charge >= 0.3 is 5.97 Å². The van der Waals surface area contributed by atoms with E-state index in [4.69, 9.17) is 23.1 Å². The van der Waals surface area contributed by atoms with E-state index in [2.05, 4.69) is 5.32 Å². The molecule has 0 atom stereocenters. The molecule has 0 radical (unpaired) electrons. The molecule has 4 N–H and O–H groups in total. The van der Waals surface area contributed by atoms with Gasteiger partial charge in [0.05, 0.1) is 4.99 Å². The zero-order chi connectivity index (χ0) is 12.8. The van der Waals surface area contributed by atoms with Gasteiger partial charge in [-0.25, -0.2) is 0 Å². The predicted octanol–water partition coefficient (Wildman–Crippen LogP) is 0.330. The van der Waals surface area contributed by atoms with Crippen LogP contribution in [0.2, 0.25) is 0 Å². The van der Waals surface area contributed by atoms with Crippen molar-refractivity contribution in [2.75, 3.05) is 6.54 Å². The Morgan fingerprint density at radius 2 is 2.12 bits per heavy atom. The number of carbonyl (C=O) groups is 2. The molecule has 5 nitrogen and oxygen atoms in total. The lowest BCUT2D eigenvalue weighted by Crippen LogP contribution is -2.29. The van der Waals surface area contributed by atoms with Gasteiger partial charge in [0.1, 0.15) is 6.54 Å². The predicted molar refractivity (Wildman–Crippen MR) is 66.9 cm³/mol. The first-order chi connectivity index (χ1) is 7.99. The van der Waals surface area contributed by atoms with E-state index >= 15 is 0 Å². The van der Waals surface area contributed by atoms with Crippen molar-refractivity contribution >= 4 is 29.1 Å². The minimum atomic E-state index is -1.09. The van der Waals surface area contributed by atoms with Crippen LogP contribution in [0, 0.1) is 0 Å². The first-order valence-electron chi connectivity index (χ1n) is 4.86. The van der Waals surface area contributed by atoms with Crippen LogP contribution in [0.4, 0.5) is 0 Å². The lowest BCUT2D eigenvalue weighted by Gasteiger charge is -2.04. The van der Waals surface area contributed by atoms with E-state index in [-0.39, 0.29) is 0 Å². The highest BCUT2D eigenvalue weighted by Gasteiger charge is 2.07. The second kappa shape index (κ2) is 5.95. The zero-order valence-corrected chi connectivity index (χ0v) is 9.79. The molecule has 0 aromatic heterocycles. The third-order valence-electron chi connectivity index (χ3n) is 1.97. The summed E-state index contributed by atoms with van der Waals surface area (Å²) in [5.74, 6) is -1.52. The molecule has 1 amide bonds. The molecule has 0 unspecified atom stereocenters. The maximum absolute atomic E-state index is 11.5. The van der Waals surface area contributed by atoms with Crippen molar-refractivity contribution < 1.29 is 14.7 Å². The quantitative estimate of drug-likeness (QED) is 0.657. The fraction of sp³-hybridized carbons (Fsp3) is 0.182. The Balaban J connectivity index is 2.73. The first kappa shape index (κ1) is 13.1. The summed E-state index contributed by atoms with van der Waals surface area (Å²) in [6, 6.07) is 6.73. The molecule has 17 heavy (non-hydrogen) atoms. The molecule has 0 fully saturated rings. The van der Waals surface area contributed by atoms with Crippen LogP contribution in [0.5, 0.6) is 0 Å². The molecular weight excluding hydrogens is 240 g/mol. The number of thiocarbonyl (C=S) groups is 1. The molecule has 0 bridgehead atoms. The van der Waals surface area contributed by atoms with E-state index in [0.717, 1.165) is 5.56 Å². The first-order valence-corrected chi connectivity index (χ1v) is 5.27. The van der Waals surface area contributed by atoms with Gasteiger partial charge in [-0.05, 0) is 17.7 Å². The van der Waals surface area contributed by atoms with Gasteiger partial charge in [0, 0.05) is 12.0 Å². The summed E-state index contributed by atoms with van der Waals surface area (Å²) >= 11 is 4.77. The van der Waals surface area contributed by atoms with Crippen molar-refractivity contribution in [1.29, 1.82) is 0 Å². The average Bonchev–Trinajstić information content (AvgIpc) is 2.25. The summed E-state index contributed by atoms with van der Waals surface area (Å²) in [6.45, 7) is -0.404. The third-order valence-corrected chi connectivity index (χ3v) is 2.11. The van der Waals surface area contributed by atoms with Gasteiger partial charge in [-0.15, -0.1) is 0 Å². The molecule has 0 saturated heterocycles. The van der Waals surface area contributed by atoms with Crippen LogP contribution in [-0.2, 0) is 11.2 Å². The van der Waals surface area contributed by atoms with Crippen molar-refractivity contribution in [2.45, 2.75) is 6.42 Å². The zero-order valence-electron chi connectivity index (χ0n) is 8.97. The van der Waals surface area contributed by atoms with Gasteiger partial charge in [0.2, 0.25) is 0 Å². The normalized spacial score (nSPS) is 9.65. The lowest BCUT2D eigenvalue weighted by atomic mass is 10.1. The Bertz CT molecular complexity index is 460. The maximum Gasteiger partial charge on any atom is 0.322 e. The molecule has 1 rings (SSSR count).